The van der Waals surface area contributed by atoms with E-state index in [0.29, 0.717) is 56.2 Å². The van der Waals surface area contributed by atoms with E-state index in [2.05, 4.69) is 47.2 Å². The Morgan fingerprint density at radius 2 is 1.62 bits per heavy atom. The predicted molar refractivity (Wildman–Crippen MR) is 178 cm³/mol. The van der Waals surface area contributed by atoms with Crippen molar-refractivity contribution in [2.75, 3.05) is 47.8 Å². The van der Waals surface area contributed by atoms with Crippen molar-refractivity contribution in [3.05, 3.63) is 123 Å². The predicted octanol–water partition coefficient (Wildman–Crippen LogP) is 5.66. The van der Waals surface area contributed by atoms with Crippen molar-refractivity contribution in [1.82, 2.24) is 9.47 Å². The van der Waals surface area contributed by atoms with E-state index in [-0.39, 0.29) is 29.3 Å². The lowest BCUT2D eigenvalue weighted by Crippen LogP contribution is -2.53. The molecule has 10 heteroatoms. The van der Waals surface area contributed by atoms with Crippen LogP contribution in [-0.4, -0.2) is 60.0 Å². The Morgan fingerprint density at radius 3 is 2.38 bits per heavy atom. The van der Waals surface area contributed by atoms with Crippen molar-refractivity contribution in [2.45, 2.75) is 38.8 Å². The summed E-state index contributed by atoms with van der Waals surface area (Å²) in [5, 5.41) is 2.75. The third kappa shape index (κ3) is 5.88. The molecule has 1 aromatic heterocycles. The number of aromatic nitrogens is 1. The summed E-state index contributed by atoms with van der Waals surface area (Å²) < 4.78 is 31.1. The first-order chi connectivity index (χ1) is 22.7. The van der Waals surface area contributed by atoms with Crippen LogP contribution in [0.15, 0.2) is 83.7 Å². The number of amides is 2. The molecule has 4 heterocycles. The molecule has 0 spiro atoms. The first kappa shape index (κ1) is 30.7. The maximum absolute atomic E-state index is 14.6. The highest BCUT2D eigenvalue weighted by Crippen LogP contribution is 2.39. The molecule has 2 bridgehead atoms. The van der Waals surface area contributed by atoms with Crippen molar-refractivity contribution in [2.24, 2.45) is 5.92 Å². The van der Waals surface area contributed by atoms with Crippen LogP contribution in [0.25, 0.3) is 0 Å². The molecule has 1 N–H and O–H groups in total. The molecular formula is C37H37F2N5O3. The van der Waals surface area contributed by atoms with Crippen LogP contribution in [0.5, 0.6) is 0 Å². The van der Waals surface area contributed by atoms with Gasteiger partial charge in [0.1, 0.15) is 17.2 Å². The molecule has 0 aliphatic carbocycles. The van der Waals surface area contributed by atoms with E-state index in [0.717, 1.165) is 29.9 Å². The lowest BCUT2D eigenvalue weighted by Gasteiger charge is -2.44. The molecule has 0 saturated carbocycles. The molecule has 8 nitrogen and oxygen atoms in total. The monoisotopic (exact) mass is 637 g/mol. The summed E-state index contributed by atoms with van der Waals surface area (Å²) in [6.45, 7) is 7.67. The number of fused-ring (bicyclic) bond motifs is 4. The summed E-state index contributed by atoms with van der Waals surface area (Å²) in [6.07, 6.45) is 0.936. The van der Waals surface area contributed by atoms with Gasteiger partial charge in [-0.2, -0.15) is 0 Å². The Kier molecular flexibility index (Phi) is 8.03. The number of pyridine rings is 1. The summed E-state index contributed by atoms with van der Waals surface area (Å²) in [5.41, 5.74) is 3.92. The molecule has 47 heavy (non-hydrogen) atoms. The number of benzene rings is 3. The molecule has 3 atom stereocenters. The van der Waals surface area contributed by atoms with E-state index in [1.165, 1.54) is 11.6 Å². The largest absolute Gasteiger partial charge is 0.369 e. The number of piperazine rings is 1. The van der Waals surface area contributed by atoms with E-state index in [1.807, 2.05) is 27.7 Å². The number of carbonyl (C=O) groups excluding carboxylic acids is 2. The Bertz CT molecular complexity index is 1910. The van der Waals surface area contributed by atoms with Crippen LogP contribution in [0.4, 0.5) is 25.8 Å². The fourth-order valence-electron chi connectivity index (χ4n) is 7.55. The van der Waals surface area contributed by atoms with Crippen LogP contribution in [0.3, 0.4) is 0 Å². The zero-order valence-electron chi connectivity index (χ0n) is 26.5. The molecule has 7 rings (SSSR count). The second-order valence-corrected chi connectivity index (χ2v) is 13.0. The first-order valence-electron chi connectivity index (χ1n) is 16.1. The second kappa shape index (κ2) is 12.3. The zero-order valence-corrected chi connectivity index (χ0v) is 26.5. The highest BCUT2D eigenvalue weighted by atomic mass is 19.1. The molecule has 4 aromatic rings. The highest BCUT2D eigenvalue weighted by molar-refractivity contribution is 6.07. The molecule has 3 aromatic carbocycles. The molecular weight excluding hydrogens is 600 g/mol. The summed E-state index contributed by atoms with van der Waals surface area (Å²) in [6, 6.07) is 22.2. The number of hydrogen-bond acceptors (Lipinski definition) is 5. The third-order valence-corrected chi connectivity index (χ3v) is 9.75. The van der Waals surface area contributed by atoms with Gasteiger partial charge in [-0.25, -0.2) is 8.78 Å². The number of carbonyl (C=O) groups is 2. The van der Waals surface area contributed by atoms with Gasteiger partial charge in [0.25, 0.3) is 17.4 Å². The van der Waals surface area contributed by atoms with Crippen molar-refractivity contribution < 1.29 is 18.4 Å². The lowest BCUT2D eigenvalue weighted by molar-refractivity contribution is 0.0726. The van der Waals surface area contributed by atoms with Gasteiger partial charge in [-0.15, -0.1) is 0 Å². The van der Waals surface area contributed by atoms with Crippen LogP contribution >= 0.6 is 0 Å². The number of piperidine rings is 1. The van der Waals surface area contributed by atoms with Crippen LogP contribution in [-0.2, 0) is 6.54 Å². The van der Waals surface area contributed by atoms with E-state index in [1.54, 1.807) is 24.3 Å². The smallest absolute Gasteiger partial charge is 0.261 e. The summed E-state index contributed by atoms with van der Waals surface area (Å²) in [7, 11) is 0. The quantitative estimate of drug-likeness (QED) is 0.306. The van der Waals surface area contributed by atoms with E-state index >= 15 is 0 Å². The molecule has 242 valence electrons. The van der Waals surface area contributed by atoms with Gasteiger partial charge < -0.3 is 24.6 Å². The maximum atomic E-state index is 14.6. The molecule has 2 fully saturated rings. The molecule has 2 saturated heterocycles. The van der Waals surface area contributed by atoms with Crippen molar-refractivity contribution in [3.63, 3.8) is 0 Å². The Hall–Kier alpha value is -4.99. The number of nitrogens with zero attached hydrogens (tertiary/aromatic N) is 4. The van der Waals surface area contributed by atoms with Gasteiger partial charge in [-0.05, 0) is 80.3 Å². The van der Waals surface area contributed by atoms with Gasteiger partial charge in [0.05, 0.1) is 11.4 Å². The van der Waals surface area contributed by atoms with E-state index in [4.69, 9.17) is 0 Å². The Balaban J connectivity index is 1.18. The number of anilines is 3. The topological polar surface area (TPSA) is 77.9 Å². The van der Waals surface area contributed by atoms with Gasteiger partial charge in [-0.3, -0.25) is 14.4 Å². The fourth-order valence-corrected chi connectivity index (χ4v) is 7.55. The lowest BCUT2D eigenvalue weighted by atomic mass is 9.83. The number of hydrogen-bond donors (Lipinski definition) is 1. The van der Waals surface area contributed by atoms with Gasteiger partial charge in [0, 0.05) is 74.2 Å². The van der Waals surface area contributed by atoms with Crippen molar-refractivity contribution in [3.8, 4) is 0 Å². The van der Waals surface area contributed by atoms with Crippen LogP contribution in [0.2, 0.25) is 0 Å². The van der Waals surface area contributed by atoms with Crippen molar-refractivity contribution in [1.29, 1.82) is 0 Å². The maximum Gasteiger partial charge on any atom is 0.261 e. The number of aryl methyl sites for hydroxylation is 1. The van der Waals surface area contributed by atoms with Gasteiger partial charge >= 0.3 is 0 Å². The first-order valence-corrected chi connectivity index (χ1v) is 16.1. The summed E-state index contributed by atoms with van der Waals surface area (Å²) >= 11 is 0. The molecule has 0 radical (unpaired) electrons. The average molecular weight is 638 g/mol. The van der Waals surface area contributed by atoms with E-state index < -0.39 is 23.1 Å². The van der Waals surface area contributed by atoms with Crippen LogP contribution in [0, 0.1) is 24.5 Å². The minimum absolute atomic E-state index is 0.0117. The normalized spacial score (nSPS) is 20.5. The van der Waals surface area contributed by atoms with Crippen LogP contribution < -0.4 is 20.7 Å². The molecule has 3 aliphatic heterocycles. The summed E-state index contributed by atoms with van der Waals surface area (Å²) in [5.74, 6) is -2.75. The van der Waals surface area contributed by atoms with Gasteiger partial charge in [-0.1, -0.05) is 24.3 Å². The highest BCUT2D eigenvalue weighted by Gasteiger charge is 2.36. The second-order valence-electron chi connectivity index (χ2n) is 13.0. The van der Waals surface area contributed by atoms with Gasteiger partial charge in [0.15, 0.2) is 0 Å². The van der Waals surface area contributed by atoms with Crippen LogP contribution in [0.1, 0.15) is 51.2 Å². The Morgan fingerprint density at radius 1 is 0.851 bits per heavy atom. The zero-order chi connectivity index (χ0) is 32.8. The minimum Gasteiger partial charge on any atom is -0.369 e. The van der Waals surface area contributed by atoms with Crippen molar-refractivity contribution >= 4 is 28.9 Å². The number of rotatable bonds is 5. The number of nitrogens with one attached hydrogen (secondary N) is 1. The molecule has 2 amide bonds. The number of halogens is 2. The average Bonchev–Trinajstić information content (AvgIpc) is 3.04. The molecule has 3 aliphatic rings. The minimum atomic E-state index is -0.966. The standard InChI is InChI=1S/C37H37F2N5O3/c1-23-6-3-7-28(16-23)43-15-14-41(19-24(43)2)37(47)26-12-13-33(31(18-26)40-36(46)35-29(38)8-4-9-30(35)39)42-20-25-17-27(22-42)32-10-5-11-34(45)44(32)21-25/h3-13,16,18,24-25,27H,14-15,17,19-22H2,1-2H3,(H,40,46)/t24-,25+,27-/m0/s1. The SMILES string of the molecule is Cc1cccc(N2CCN(C(=O)c3ccc(N4C[C@H]5C[C@@H](C4)c4cccc(=O)n4C5)c(NC(=O)c4c(F)cccc4F)c3)C[C@@H]2C)c1. The Labute approximate surface area is 272 Å². The molecule has 0 unspecified atom stereocenters. The fraction of sp³-hybridized carbons (Fsp3) is 0.324. The van der Waals surface area contributed by atoms with Gasteiger partial charge in [0.2, 0.25) is 0 Å². The third-order valence-electron chi connectivity index (χ3n) is 9.75. The van der Waals surface area contributed by atoms with E-state index in [9.17, 15) is 23.2 Å². The summed E-state index contributed by atoms with van der Waals surface area (Å²) in [4.78, 5) is 46.1.